The Bertz CT molecular complexity index is 1030. The van der Waals surface area contributed by atoms with Crippen molar-refractivity contribution in [2.75, 3.05) is 5.32 Å². The molecule has 0 bridgehead atoms. The van der Waals surface area contributed by atoms with Gasteiger partial charge in [-0.2, -0.15) is 0 Å². The van der Waals surface area contributed by atoms with Crippen LogP contribution in [-0.2, 0) is 6.54 Å². The molecule has 1 heterocycles. The normalized spacial score (nSPS) is 12.0. The van der Waals surface area contributed by atoms with Gasteiger partial charge in [-0.05, 0) is 55.7 Å². The van der Waals surface area contributed by atoms with E-state index in [1.165, 1.54) is 10.2 Å². The molecule has 7 nitrogen and oxygen atoms in total. The lowest BCUT2D eigenvalue weighted by Crippen LogP contribution is -2.42. The van der Waals surface area contributed by atoms with E-state index in [1.54, 1.807) is 18.2 Å². The van der Waals surface area contributed by atoms with Crippen molar-refractivity contribution in [3.8, 4) is 0 Å². The van der Waals surface area contributed by atoms with Gasteiger partial charge < -0.3 is 10.6 Å². The zero-order chi connectivity index (χ0) is 19.4. The molecule has 0 radical (unpaired) electrons. The molecule has 0 unspecified atom stereocenters. The molecule has 0 saturated carbocycles. The Morgan fingerprint density at radius 1 is 1.15 bits per heavy atom. The SMILES string of the molecule is CC[C@H](Cn1nnc2ccccc2c1=O)NC(=O)Nc1ccc(C)c(C)c1. The van der Waals surface area contributed by atoms with Crippen molar-refractivity contribution < 1.29 is 4.79 Å². The summed E-state index contributed by atoms with van der Waals surface area (Å²) in [5.41, 5.74) is 3.36. The number of amides is 2. The van der Waals surface area contributed by atoms with E-state index in [9.17, 15) is 9.59 Å². The molecule has 0 saturated heterocycles. The number of aromatic nitrogens is 3. The summed E-state index contributed by atoms with van der Waals surface area (Å²) in [5, 5.41) is 14.3. The predicted molar refractivity (Wildman–Crippen MR) is 106 cm³/mol. The number of benzene rings is 2. The summed E-state index contributed by atoms with van der Waals surface area (Å²) in [6.07, 6.45) is 0.654. The first-order valence-corrected chi connectivity index (χ1v) is 8.95. The van der Waals surface area contributed by atoms with Crippen LogP contribution in [0, 0.1) is 13.8 Å². The Morgan fingerprint density at radius 2 is 1.93 bits per heavy atom. The van der Waals surface area contributed by atoms with Gasteiger partial charge in [-0.15, -0.1) is 5.10 Å². The highest BCUT2D eigenvalue weighted by Crippen LogP contribution is 2.14. The number of nitrogens with zero attached hydrogens (tertiary/aromatic N) is 3. The number of fused-ring (bicyclic) bond motifs is 1. The molecular formula is C20H23N5O2. The Hall–Kier alpha value is -3.22. The molecule has 7 heteroatoms. The molecule has 1 aromatic heterocycles. The highest BCUT2D eigenvalue weighted by molar-refractivity contribution is 5.89. The highest BCUT2D eigenvalue weighted by Gasteiger charge is 2.14. The summed E-state index contributed by atoms with van der Waals surface area (Å²) >= 11 is 0. The third-order valence-corrected chi connectivity index (χ3v) is 4.62. The van der Waals surface area contributed by atoms with Crippen molar-refractivity contribution in [2.24, 2.45) is 0 Å². The average molecular weight is 365 g/mol. The first kappa shape index (κ1) is 18.6. The Balaban J connectivity index is 1.70. The second-order valence-electron chi connectivity index (χ2n) is 6.60. The monoisotopic (exact) mass is 365 g/mol. The summed E-state index contributed by atoms with van der Waals surface area (Å²) in [5.74, 6) is 0. The largest absolute Gasteiger partial charge is 0.333 e. The lowest BCUT2D eigenvalue weighted by atomic mass is 10.1. The number of anilines is 1. The summed E-state index contributed by atoms with van der Waals surface area (Å²) < 4.78 is 1.30. The minimum Gasteiger partial charge on any atom is -0.333 e. The number of hydrogen-bond donors (Lipinski definition) is 2. The molecule has 3 aromatic rings. The fourth-order valence-electron chi connectivity index (χ4n) is 2.80. The van der Waals surface area contributed by atoms with Gasteiger partial charge in [-0.1, -0.05) is 30.3 Å². The fraction of sp³-hybridized carbons (Fsp3) is 0.300. The molecule has 140 valence electrons. The van der Waals surface area contributed by atoms with Crippen molar-refractivity contribution in [2.45, 2.75) is 39.8 Å². The predicted octanol–water partition coefficient (Wildman–Crippen LogP) is 3.01. The molecule has 3 rings (SSSR count). The third kappa shape index (κ3) is 4.31. The molecule has 0 fully saturated rings. The molecule has 2 amide bonds. The average Bonchev–Trinajstić information content (AvgIpc) is 2.66. The van der Waals surface area contributed by atoms with E-state index in [2.05, 4.69) is 20.9 Å². The van der Waals surface area contributed by atoms with Crippen LogP contribution in [0.4, 0.5) is 10.5 Å². The van der Waals surface area contributed by atoms with Crippen molar-refractivity contribution in [1.82, 2.24) is 20.3 Å². The van der Waals surface area contributed by atoms with Gasteiger partial charge in [-0.25, -0.2) is 9.48 Å². The van der Waals surface area contributed by atoms with Crippen LogP contribution in [0.1, 0.15) is 24.5 Å². The fourth-order valence-corrected chi connectivity index (χ4v) is 2.80. The molecule has 1 atom stereocenters. The van der Waals surface area contributed by atoms with E-state index in [0.717, 1.165) is 11.3 Å². The maximum atomic E-state index is 12.6. The topological polar surface area (TPSA) is 88.9 Å². The van der Waals surface area contributed by atoms with Crippen LogP contribution < -0.4 is 16.2 Å². The minimum atomic E-state index is -0.313. The molecule has 27 heavy (non-hydrogen) atoms. The number of rotatable bonds is 5. The van der Waals surface area contributed by atoms with Crippen molar-refractivity contribution in [1.29, 1.82) is 0 Å². The van der Waals surface area contributed by atoms with Gasteiger partial charge in [0, 0.05) is 5.69 Å². The van der Waals surface area contributed by atoms with E-state index in [-0.39, 0.29) is 24.2 Å². The maximum Gasteiger partial charge on any atom is 0.319 e. The number of carbonyl (C=O) groups is 1. The Labute approximate surface area is 157 Å². The van der Waals surface area contributed by atoms with Gasteiger partial charge in [0.2, 0.25) is 0 Å². The third-order valence-electron chi connectivity index (χ3n) is 4.62. The Morgan fingerprint density at radius 3 is 2.67 bits per heavy atom. The van der Waals surface area contributed by atoms with Gasteiger partial charge in [0.05, 0.1) is 18.0 Å². The van der Waals surface area contributed by atoms with Gasteiger partial charge in [0.15, 0.2) is 0 Å². The minimum absolute atomic E-state index is 0.213. The van der Waals surface area contributed by atoms with Crippen molar-refractivity contribution in [3.05, 3.63) is 63.9 Å². The molecular weight excluding hydrogens is 342 g/mol. The molecule has 2 aromatic carbocycles. The van der Waals surface area contributed by atoms with Crippen LogP contribution in [0.25, 0.3) is 10.9 Å². The van der Waals surface area contributed by atoms with Crippen LogP contribution >= 0.6 is 0 Å². The van der Waals surface area contributed by atoms with Crippen molar-refractivity contribution in [3.63, 3.8) is 0 Å². The molecule has 0 aliphatic rings. The van der Waals surface area contributed by atoms with Crippen molar-refractivity contribution >= 4 is 22.6 Å². The Kier molecular flexibility index (Phi) is 5.49. The number of nitrogens with one attached hydrogen (secondary N) is 2. The van der Waals surface area contributed by atoms with Crippen LogP contribution in [-0.4, -0.2) is 27.1 Å². The molecule has 2 N–H and O–H groups in total. The lowest BCUT2D eigenvalue weighted by Gasteiger charge is -2.18. The maximum absolute atomic E-state index is 12.6. The smallest absolute Gasteiger partial charge is 0.319 e. The van der Waals surface area contributed by atoms with Crippen LogP contribution in [0.2, 0.25) is 0 Å². The number of carbonyl (C=O) groups excluding carboxylic acids is 1. The lowest BCUT2D eigenvalue weighted by molar-refractivity contribution is 0.245. The van der Waals surface area contributed by atoms with Crippen LogP contribution in [0.5, 0.6) is 0 Å². The van der Waals surface area contributed by atoms with Gasteiger partial charge >= 0.3 is 6.03 Å². The second kappa shape index (κ2) is 7.99. The van der Waals surface area contributed by atoms with E-state index in [0.29, 0.717) is 17.3 Å². The zero-order valence-corrected chi connectivity index (χ0v) is 15.7. The molecule has 0 spiro atoms. The quantitative estimate of drug-likeness (QED) is 0.727. The number of urea groups is 1. The second-order valence-corrected chi connectivity index (χ2v) is 6.60. The van der Waals surface area contributed by atoms with Gasteiger partial charge in [0.25, 0.3) is 5.56 Å². The first-order chi connectivity index (χ1) is 13.0. The molecule has 0 aliphatic carbocycles. The standard InChI is InChI=1S/C20H23N5O2/c1-4-15(21-20(27)22-16-10-9-13(2)14(3)11-16)12-25-19(26)17-7-5-6-8-18(17)23-24-25/h5-11,15H,4,12H2,1-3H3,(H2,21,22,27)/t15-/m1/s1. The van der Waals surface area contributed by atoms with E-state index >= 15 is 0 Å². The summed E-state index contributed by atoms with van der Waals surface area (Å²) in [7, 11) is 0. The summed E-state index contributed by atoms with van der Waals surface area (Å²) in [6, 6.07) is 12.3. The number of hydrogen-bond acceptors (Lipinski definition) is 4. The van der Waals surface area contributed by atoms with Gasteiger partial charge in [-0.3, -0.25) is 4.79 Å². The number of aryl methyl sites for hydroxylation is 2. The van der Waals surface area contributed by atoms with E-state index in [4.69, 9.17) is 0 Å². The summed E-state index contributed by atoms with van der Waals surface area (Å²) in [4.78, 5) is 24.9. The van der Waals surface area contributed by atoms with E-state index < -0.39 is 0 Å². The summed E-state index contributed by atoms with van der Waals surface area (Å²) in [6.45, 7) is 6.22. The van der Waals surface area contributed by atoms with Gasteiger partial charge in [0.1, 0.15) is 5.52 Å². The van der Waals surface area contributed by atoms with Crippen LogP contribution in [0.15, 0.2) is 47.3 Å². The first-order valence-electron chi connectivity index (χ1n) is 8.95. The van der Waals surface area contributed by atoms with E-state index in [1.807, 2.05) is 45.0 Å². The highest BCUT2D eigenvalue weighted by atomic mass is 16.2. The zero-order valence-electron chi connectivity index (χ0n) is 15.7. The molecule has 0 aliphatic heterocycles. The van der Waals surface area contributed by atoms with Crippen LogP contribution in [0.3, 0.4) is 0 Å².